The van der Waals surface area contributed by atoms with Crippen molar-refractivity contribution in [3.63, 3.8) is 0 Å². The van der Waals surface area contributed by atoms with E-state index in [0.29, 0.717) is 23.4 Å². The molecule has 1 rings (SSSR count). The SMILES string of the molecule is Cc1ccc(F)c([C@@H](N)CCCO)c1Cl. The average molecular weight is 232 g/mol. The summed E-state index contributed by atoms with van der Waals surface area (Å²) >= 11 is 5.99. The summed E-state index contributed by atoms with van der Waals surface area (Å²) in [6.07, 6.45) is 1.07. The van der Waals surface area contributed by atoms with Crippen LogP contribution in [-0.2, 0) is 0 Å². The highest BCUT2D eigenvalue weighted by Crippen LogP contribution is 2.29. The summed E-state index contributed by atoms with van der Waals surface area (Å²) < 4.78 is 13.5. The molecule has 1 aromatic rings. The van der Waals surface area contributed by atoms with Gasteiger partial charge in [0, 0.05) is 18.2 Å². The second-order valence-electron chi connectivity index (χ2n) is 3.56. The molecule has 2 nitrogen and oxygen atoms in total. The minimum Gasteiger partial charge on any atom is -0.396 e. The van der Waals surface area contributed by atoms with E-state index in [9.17, 15) is 4.39 Å². The van der Waals surface area contributed by atoms with Crippen molar-refractivity contribution in [2.24, 2.45) is 5.73 Å². The zero-order chi connectivity index (χ0) is 11.4. The Morgan fingerprint density at radius 2 is 2.20 bits per heavy atom. The average Bonchev–Trinajstić information content (AvgIpc) is 2.21. The number of halogens is 2. The van der Waals surface area contributed by atoms with Crippen LogP contribution >= 0.6 is 11.6 Å². The highest BCUT2D eigenvalue weighted by atomic mass is 35.5. The fourth-order valence-electron chi connectivity index (χ4n) is 1.47. The summed E-state index contributed by atoms with van der Waals surface area (Å²) in [5, 5.41) is 9.06. The van der Waals surface area contributed by atoms with Crippen molar-refractivity contribution >= 4 is 11.6 Å². The summed E-state index contributed by atoms with van der Waals surface area (Å²) in [6, 6.07) is 2.54. The first-order valence-corrected chi connectivity index (χ1v) is 5.26. The maximum absolute atomic E-state index is 13.5. The van der Waals surface area contributed by atoms with Gasteiger partial charge in [0.05, 0.1) is 5.02 Å². The number of hydrogen-bond acceptors (Lipinski definition) is 2. The Morgan fingerprint density at radius 3 is 2.80 bits per heavy atom. The molecule has 0 aromatic heterocycles. The topological polar surface area (TPSA) is 46.2 Å². The van der Waals surface area contributed by atoms with Crippen LogP contribution in [-0.4, -0.2) is 11.7 Å². The molecule has 0 aliphatic carbocycles. The lowest BCUT2D eigenvalue weighted by atomic mass is 10.0. The first-order valence-electron chi connectivity index (χ1n) is 4.89. The second-order valence-corrected chi connectivity index (χ2v) is 3.94. The number of aliphatic hydroxyl groups is 1. The van der Waals surface area contributed by atoms with Crippen LogP contribution in [0.25, 0.3) is 0 Å². The van der Waals surface area contributed by atoms with E-state index in [-0.39, 0.29) is 12.4 Å². The Hall–Kier alpha value is -0.640. The molecule has 0 spiro atoms. The first kappa shape index (κ1) is 12.4. The van der Waals surface area contributed by atoms with Crippen molar-refractivity contribution in [2.75, 3.05) is 6.61 Å². The van der Waals surface area contributed by atoms with Crippen LogP contribution in [0.3, 0.4) is 0 Å². The van der Waals surface area contributed by atoms with E-state index in [0.717, 1.165) is 5.56 Å². The minimum absolute atomic E-state index is 0.0543. The monoisotopic (exact) mass is 231 g/mol. The Kier molecular flexibility index (Phi) is 4.51. The van der Waals surface area contributed by atoms with Crippen molar-refractivity contribution in [3.05, 3.63) is 34.1 Å². The van der Waals surface area contributed by atoms with E-state index in [1.54, 1.807) is 6.07 Å². The Balaban J connectivity index is 2.96. The van der Waals surface area contributed by atoms with Crippen LogP contribution in [0, 0.1) is 12.7 Å². The molecule has 0 aliphatic heterocycles. The zero-order valence-corrected chi connectivity index (χ0v) is 9.39. The Bertz CT molecular complexity index is 344. The van der Waals surface area contributed by atoms with Crippen LogP contribution in [0.2, 0.25) is 5.02 Å². The molecule has 3 N–H and O–H groups in total. The normalized spacial score (nSPS) is 12.9. The largest absolute Gasteiger partial charge is 0.396 e. The van der Waals surface area contributed by atoms with Gasteiger partial charge in [-0.1, -0.05) is 17.7 Å². The van der Waals surface area contributed by atoms with Gasteiger partial charge < -0.3 is 10.8 Å². The van der Waals surface area contributed by atoms with Gasteiger partial charge in [-0.15, -0.1) is 0 Å². The standard InChI is InChI=1S/C11H15ClFNO/c1-7-4-5-8(13)10(11(7)12)9(14)3-2-6-15/h4-5,9,15H,2-3,6,14H2,1H3/t9-/m0/s1. The second kappa shape index (κ2) is 5.45. The maximum atomic E-state index is 13.5. The third-order valence-electron chi connectivity index (χ3n) is 2.36. The van der Waals surface area contributed by atoms with Crippen molar-refractivity contribution < 1.29 is 9.50 Å². The number of rotatable bonds is 4. The zero-order valence-electron chi connectivity index (χ0n) is 8.63. The van der Waals surface area contributed by atoms with E-state index in [1.807, 2.05) is 6.92 Å². The van der Waals surface area contributed by atoms with Crippen LogP contribution in [0.4, 0.5) is 4.39 Å². The van der Waals surface area contributed by atoms with Crippen molar-refractivity contribution in [1.29, 1.82) is 0 Å². The number of aliphatic hydroxyl groups excluding tert-OH is 1. The van der Waals surface area contributed by atoms with E-state index >= 15 is 0 Å². The summed E-state index contributed by atoms with van der Waals surface area (Å²) in [6.45, 7) is 1.86. The van der Waals surface area contributed by atoms with Gasteiger partial charge in [0.1, 0.15) is 5.82 Å². The van der Waals surface area contributed by atoms with E-state index < -0.39 is 6.04 Å². The molecular formula is C11H15ClFNO. The summed E-state index contributed by atoms with van der Waals surface area (Å²) in [5.41, 5.74) is 6.98. The Morgan fingerprint density at radius 1 is 1.53 bits per heavy atom. The quantitative estimate of drug-likeness (QED) is 0.837. The molecule has 0 heterocycles. The van der Waals surface area contributed by atoms with Gasteiger partial charge in [0.15, 0.2) is 0 Å². The van der Waals surface area contributed by atoms with Gasteiger partial charge in [-0.25, -0.2) is 4.39 Å². The molecule has 84 valence electrons. The van der Waals surface area contributed by atoms with E-state index in [2.05, 4.69) is 0 Å². The number of aryl methyl sites for hydroxylation is 1. The molecule has 1 atom stereocenters. The van der Waals surface area contributed by atoms with Gasteiger partial charge in [0.25, 0.3) is 0 Å². The molecule has 0 saturated heterocycles. The van der Waals surface area contributed by atoms with Crippen LogP contribution in [0.15, 0.2) is 12.1 Å². The number of nitrogens with two attached hydrogens (primary N) is 1. The Labute approximate surface area is 93.9 Å². The van der Waals surface area contributed by atoms with Gasteiger partial charge in [-0.2, -0.15) is 0 Å². The molecule has 0 fully saturated rings. The molecule has 0 bridgehead atoms. The molecule has 15 heavy (non-hydrogen) atoms. The third kappa shape index (κ3) is 2.91. The van der Waals surface area contributed by atoms with Gasteiger partial charge in [-0.3, -0.25) is 0 Å². The molecule has 0 aliphatic rings. The predicted octanol–water partition coefficient (Wildman–Crippen LogP) is 2.56. The fraction of sp³-hybridized carbons (Fsp3) is 0.455. The molecule has 0 unspecified atom stereocenters. The number of hydrogen-bond donors (Lipinski definition) is 2. The highest BCUT2D eigenvalue weighted by molar-refractivity contribution is 6.32. The van der Waals surface area contributed by atoms with E-state index in [4.69, 9.17) is 22.4 Å². The molecule has 4 heteroatoms. The van der Waals surface area contributed by atoms with Gasteiger partial charge >= 0.3 is 0 Å². The summed E-state index contributed by atoms with van der Waals surface area (Å²) in [4.78, 5) is 0. The van der Waals surface area contributed by atoms with Crippen LogP contribution < -0.4 is 5.73 Å². The summed E-state index contributed by atoms with van der Waals surface area (Å²) in [5.74, 6) is -0.379. The smallest absolute Gasteiger partial charge is 0.129 e. The predicted molar refractivity (Wildman–Crippen MR) is 59.4 cm³/mol. The molecule has 0 amide bonds. The van der Waals surface area contributed by atoms with E-state index in [1.165, 1.54) is 6.07 Å². The minimum atomic E-state index is -0.454. The molecule has 1 aromatic carbocycles. The van der Waals surface area contributed by atoms with Crippen molar-refractivity contribution in [1.82, 2.24) is 0 Å². The molecular weight excluding hydrogens is 217 g/mol. The number of benzene rings is 1. The van der Waals surface area contributed by atoms with Crippen molar-refractivity contribution in [2.45, 2.75) is 25.8 Å². The lowest BCUT2D eigenvalue weighted by molar-refractivity contribution is 0.279. The fourth-order valence-corrected chi connectivity index (χ4v) is 1.77. The lowest BCUT2D eigenvalue weighted by Crippen LogP contribution is -2.13. The molecule has 0 radical (unpaired) electrons. The first-order chi connectivity index (χ1) is 7.07. The van der Waals surface area contributed by atoms with Crippen molar-refractivity contribution in [3.8, 4) is 0 Å². The van der Waals surface area contributed by atoms with Crippen LogP contribution in [0.1, 0.15) is 30.0 Å². The maximum Gasteiger partial charge on any atom is 0.129 e. The third-order valence-corrected chi connectivity index (χ3v) is 2.87. The van der Waals surface area contributed by atoms with Crippen LogP contribution in [0.5, 0.6) is 0 Å². The van der Waals surface area contributed by atoms with Gasteiger partial charge in [-0.05, 0) is 31.4 Å². The highest BCUT2D eigenvalue weighted by Gasteiger charge is 2.16. The van der Waals surface area contributed by atoms with Gasteiger partial charge in [0.2, 0.25) is 0 Å². The summed E-state index contributed by atoms with van der Waals surface area (Å²) in [7, 11) is 0. The molecule has 0 saturated carbocycles. The lowest BCUT2D eigenvalue weighted by Gasteiger charge is -2.15.